The molecule has 1 aromatic heterocycles. The van der Waals surface area contributed by atoms with Crippen LogP contribution in [0.15, 0.2) is 53.8 Å². The predicted octanol–water partition coefficient (Wildman–Crippen LogP) is 2.70. The van der Waals surface area contributed by atoms with E-state index in [0.717, 1.165) is 51.9 Å². The number of benzene rings is 1. The van der Waals surface area contributed by atoms with Crippen LogP contribution in [0.25, 0.3) is 0 Å². The van der Waals surface area contributed by atoms with E-state index in [0.29, 0.717) is 6.54 Å². The molecule has 0 unspecified atom stereocenters. The fraction of sp³-hybridized carbons (Fsp3) is 0.450. The molecule has 0 radical (unpaired) electrons. The number of hydrogen-bond donors (Lipinski definition) is 2. The second kappa shape index (κ2) is 11.9. The zero-order valence-corrected chi connectivity index (χ0v) is 18.3. The highest BCUT2D eigenvalue weighted by Gasteiger charge is 2.10. The predicted molar refractivity (Wildman–Crippen MR) is 122 cm³/mol. The van der Waals surface area contributed by atoms with Gasteiger partial charge in [0.15, 0.2) is 5.96 Å². The van der Waals surface area contributed by atoms with E-state index < -0.39 is 0 Å². The Morgan fingerprint density at radius 3 is 2.44 bits per heavy atom. The number of anilines is 1. The van der Waals surface area contributed by atoms with Crippen molar-refractivity contribution in [2.45, 2.75) is 20.0 Å². The molecular formula is C20H30IN5O. The molecule has 27 heavy (non-hydrogen) atoms. The molecule has 1 aliphatic rings. The highest BCUT2D eigenvalue weighted by Crippen LogP contribution is 2.17. The third kappa shape index (κ3) is 7.06. The van der Waals surface area contributed by atoms with Crippen molar-refractivity contribution < 1.29 is 4.74 Å². The summed E-state index contributed by atoms with van der Waals surface area (Å²) in [4.78, 5) is 7.06. The van der Waals surface area contributed by atoms with Gasteiger partial charge in [0.25, 0.3) is 0 Å². The van der Waals surface area contributed by atoms with E-state index in [1.54, 1.807) is 0 Å². The van der Waals surface area contributed by atoms with Crippen molar-refractivity contribution in [3.8, 4) is 0 Å². The minimum atomic E-state index is 0. The maximum absolute atomic E-state index is 5.41. The monoisotopic (exact) mass is 483 g/mol. The van der Waals surface area contributed by atoms with Crippen LogP contribution in [0.5, 0.6) is 0 Å². The zero-order chi connectivity index (χ0) is 18.0. The first-order valence-corrected chi connectivity index (χ1v) is 9.40. The number of hydrogen-bond acceptors (Lipinski definition) is 3. The van der Waals surface area contributed by atoms with Crippen LogP contribution in [0, 0.1) is 0 Å². The Labute approximate surface area is 179 Å². The molecule has 3 rings (SSSR count). The van der Waals surface area contributed by atoms with Crippen LogP contribution in [0.2, 0.25) is 0 Å². The minimum absolute atomic E-state index is 0. The molecule has 1 saturated heterocycles. The zero-order valence-electron chi connectivity index (χ0n) is 15.9. The summed E-state index contributed by atoms with van der Waals surface area (Å²) in [5.41, 5.74) is 2.47. The quantitative estimate of drug-likeness (QED) is 0.362. The Balaban J connectivity index is 0.00000261. The topological polar surface area (TPSA) is 53.8 Å². The maximum Gasteiger partial charge on any atom is 0.191 e. The molecule has 148 valence electrons. The Morgan fingerprint density at radius 2 is 1.78 bits per heavy atom. The van der Waals surface area contributed by atoms with Crippen molar-refractivity contribution in [2.24, 2.45) is 4.99 Å². The number of ether oxygens (including phenoxy) is 1. The summed E-state index contributed by atoms with van der Waals surface area (Å²) in [5.74, 6) is 0.858. The summed E-state index contributed by atoms with van der Waals surface area (Å²) in [5, 5.41) is 6.69. The van der Waals surface area contributed by atoms with Crippen molar-refractivity contribution in [1.82, 2.24) is 15.2 Å². The number of morpholine rings is 1. The molecule has 2 heterocycles. The fourth-order valence-electron chi connectivity index (χ4n) is 2.97. The summed E-state index contributed by atoms with van der Waals surface area (Å²) in [7, 11) is 0. The van der Waals surface area contributed by atoms with Crippen molar-refractivity contribution in [3.63, 3.8) is 0 Å². The number of guanidine groups is 1. The molecule has 1 aliphatic heterocycles. The van der Waals surface area contributed by atoms with Crippen LogP contribution < -0.4 is 15.5 Å². The maximum atomic E-state index is 5.41. The van der Waals surface area contributed by atoms with Gasteiger partial charge < -0.3 is 24.8 Å². The Hall–Kier alpha value is -1.74. The van der Waals surface area contributed by atoms with E-state index >= 15 is 0 Å². The number of nitrogens with zero attached hydrogens (tertiary/aromatic N) is 3. The molecule has 0 bridgehead atoms. The van der Waals surface area contributed by atoms with Gasteiger partial charge in [0.1, 0.15) is 0 Å². The average Bonchev–Trinajstić information content (AvgIpc) is 3.21. The summed E-state index contributed by atoms with van der Waals surface area (Å²) in [6.45, 7) is 8.93. The lowest BCUT2D eigenvalue weighted by atomic mass is 10.2. The SMILES string of the molecule is CCNC(=NCc1ccc(N2CCOCC2)cc1)NCCn1cccc1.I. The van der Waals surface area contributed by atoms with Crippen LogP contribution in [-0.2, 0) is 17.8 Å². The highest BCUT2D eigenvalue weighted by molar-refractivity contribution is 14.0. The summed E-state index contributed by atoms with van der Waals surface area (Å²) in [6, 6.07) is 12.8. The third-order valence-corrected chi connectivity index (χ3v) is 4.41. The highest BCUT2D eigenvalue weighted by atomic mass is 127. The molecule has 0 saturated carbocycles. The average molecular weight is 483 g/mol. The molecular weight excluding hydrogens is 453 g/mol. The summed E-state index contributed by atoms with van der Waals surface area (Å²) >= 11 is 0. The van der Waals surface area contributed by atoms with Crippen LogP contribution in [0.4, 0.5) is 5.69 Å². The molecule has 0 aliphatic carbocycles. The van der Waals surface area contributed by atoms with Gasteiger partial charge in [-0.05, 0) is 36.8 Å². The number of rotatable bonds is 7. The van der Waals surface area contributed by atoms with E-state index in [2.05, 4.69) is 63.7 Å². The van der Waals surface area contributed by atoms with Gasteiger partial charge in [-0.15, -0.1) is 24.0 Å². The van der Waals surface area contributed by atoms with Gasteiger partial charge in [-0.3, -0.25) is 0 Å². The normalized spacial score (nSPS) is 14.6. The first kappa shape index (κ1) is 21.6. The van der Waals surface area contributed by atoms with Crippen LogP contribution in [0.3, 0.4) is 0 Å². The van der Waals surface area contributed by atoms with Crippen LogP contribution in [-0.4, -0.2) is 49.9 Å². The number of nitrogens with one attached hydrogen (secondary N) is 2. The van der Waals surface area contributed by atoms with E-state index in [1.165, 1.54) is 11.3 Å². The number of aromatic nitrogens is 1. The standard InChI is InChI=1S/C20H29N5O.HI/c1-2-21-20(22-9-12-24-10-3-4-11-24)23-17-18-5-7-19(8-6-18)25-13-15-26-16-14-25;/h3-8,10-11H,2,9,12-17H2,1H3,(H2,21,22,23);1H. The Kier molecular flexibility index (Phi) is 9.47. The molecule has 6 nitrogen and oxygen atoms in total. The molecule has 7 heteroatoms. The molecule has 1 aromatic carbocycles. The van der Waals surface area contributed by atoms with Gasteiger partial charge in [0.2, 0.25) is 0 Å². The van der Waals surface area contributed by atoms with Crippen molar-refractivity contribution in [1.29, 1.82) is 0 Å². The fourth-order valence-corrected chi connectivity index (χ4v) is 2.97. The van der Waals surface area contributed by atoms with E-state index in [1.807, 2.05) is 12.1 Å². The van der Waals surface area contributed by atoms with Crippen molar-refractivity contribution >= 4 is 35.6 Å². The Bertz CT molecular complexity index is 666. The molecule has 0 spiro atoms. The second-order valence-electron chi connectivity index (χ2n) is 6.31. The van der Waals surface area contributed by atoms with Gasteiger partial charge in [-0.1, -0.05) is 12.1 Å². The number of halogens is 1. The first-order valence-electron chi connectivity index (χ1n) is 9.40. The molecule has 0 amide bonds. The van der Waals surface area contributed by atoms with Crippen molar-refractivity contribution in [3.05, 3.63) is 54.4 Å². The minimum Gasteiger partial charge on any atom is -0.378 e. The van der Waals surface area contributed by atoms with Crippen LogP contribution >= 0.6 is 24.0 Å². The van der Waals surface area contributed by atoms with Crippen molar-refractivity contribution in [2.75, 3.05) is 44.3 Å². The lowest BCUT2D eigenvalue weighted by Gasteiger charge is -2.28. The largest absolute Gasteiger partial charge is 0.378 e. The van der Waals surface area contributed by atoms with Crippen LogP contribution in [0.1, 0.15) is 12.5 Å². The number of aliphatic imine (C=N–C) groups is 1. The molecule has 2 N–H and O–H groups in total. The second-order valence-corrected chi connectivity index (χ2v) is 6.31. The van der Waals surface area contributed by atoms with Gasteiger partial charge >= 0.3 is 0 Å². The van der Waals surface area contributed by atoms with Gasteiger partial charge in [-0.25, -0.2) is 4.99 Å². The lowest BCUT2D eigenvalue weighted by Crippen LogP contribution is -2.38. The smallest absolute Gasteiger partial charge is 0.191 e. The third-order valence-electron chi connectivity index (χ3n) is 4.41. The van der Waals surface area contributed by atoms with Gasteiger partial charge in [0, 0.05) is 50.8 Å². The molecule has 1 fully saturated rings. The first-order chi connectivity index (χ1) is 12.8. The van der Waals surface area contributed by atoms with E-state index in [-0.39, 0.29) is 24.0 Å². The Morgan fingerprint density at radius 1 is 1.07 bits per heavy atom. The van der Waals surface area contributed by atoms with Gasteiger partial charge in [0.05, 0.1) is 19.8 Å². The van der Waals surface area contributed by atoms with E-state index in [9.17, 15) is 0 Å². The molecule has 0 atom stereocenters. The summed E-state index contributed by atoms with van der Waals surface area (Å²) < 4.78 is 7.57. The lowest BCUT2D eigenvalue weighted by molar-refractivity contribution is 0.122. The molecule has 2 aromatic rings. The summed E-state index contributed by atoms with van der Waals surface area (Å²) in [6.07, 6.45) is 4.14. The van der Waals surface area contributed by atoms with E-state index in [4.69, 9.17) is 9.73 Å². The van der Waals surface area contributed by atoms with Gasteiger partial charge in [-0.2, -0.15) is 0 Å².